The minimum absolute atomic E-state index is 0.382. The quantitative estimate of drug-likeness (QED) is 0.0362. The van der Waals surface area contributed by atoms with Crippen LogP contribution in [0.5, 0.6) is 0 Å². The van der Waals surface area contributed by atoms with Crippen LogP contribution in [0.4, 0.5) is 0 Å². The molecule has 0 rings (SSSR count). The summed E-state index contributed by atoms with van der Waals surface area (Å²) < 4.78 is 0. The Balaban J connectivity index is 3.51. The molecule has 5 nitrogen and oxygen atoms in total. The average Bonchev–Trinajstić information content (AvgIpc) is 3.31. The lowest BCUT2D eigenvalue weighted by molar-refractivity contribution is -0.131. The molecular formula is C60H111NO4. The maximum atomic E-state index is 12.5. The van der Waals surface area contributed by atoms with E-state index in [0.29, 0.717) is 6.42 Å². The molecule has 0 aliphatic rings. The topological polar surface area (TPSA) is 89.8 Å². The average molecular weight is 911 g/mol. The van der Waals surface area contributed by atoms with Crippen molar-refractivity contribution in [1.29, 1.82) is 0 Å². The van der Waals surface area contributed by atoms with Gasteiger partial charge >= 0.3 is 0 Å². The number of hydrogen-bond acceptors (Lipinski definition) is 4. The van der Waals surface area contributed by atoms with Crippen molar-refractivity contribution in [2.75, 3.05) is 6.61 Å². The van der Waals surface area contributed by atoms with Gasteiger partial charge in [0.25, 0.3) is 0 Å². The largest absolute Gasteiger partial charge is 0.394 e. The van der Waals surface area contributed by atoms with Crippen molar-refractivity contribution < 1.29 is 20.1 Å². The Bertz CT molecular complexity index is 1090. The van der Waals surface area contributed by atoms with E-state index in [1.54, 1.807) is 6.08 Å². The first kappa shape index (κ1) is 63.0. The van der Waals surface area contributed by atoms with E-state index in [-0.39, 0.29) is 6.61 Å². The summed E-state index contributed by atoms with van der Waals surface area (Å²) in [4.78, 5) is 12.5. The third kappa shape index (κ3) is 49.8. The van der Waals surface area contributed by atoms with Crippen LogP contribution in [0, 0.1) is 0 Å². The van der Waals surface area contributed by atoms with Gasteiger partial charge in [0.2, 0.25) is 5.91 Å². The van der Waals surface area contributed by atoms with Gasteiger partial charge in [-0.25, -0.2) is 0 Å². The minimum atomic E-state index is -1.11. The summed E-state index contributed by atoms with van der Waals surface area (Å²) >= 11 is 0. The van der Waals surface area contributed by atoms with E-state index in [0.717, 1.165) is 51.4 Å². The summed E-state index contributed by atoms with van der Waals surface area (Å²) in [5, 5.41) is 33.2. The number of hydrogen-bond donors (Lipinski definition) is 4. The highest BCUT2D eigenvalue weighted by Crippen LogP contribution is 2.17. The summed E-state index contributed by atoms with van der Waals surface area (Å²) in [6.07, 6.45) is 74.7. The lowest BCUT2D eigenvalue weighted by Gasteiger charge is -2.21. The van der Waals surface area contributed by atoms with Crippen LogP contribution in [0.15, 0.2) is 60.8 Å². The van der Waals surface area contributed by atoms with Gasteiger partial charge < -0.3 is 20.6 Å². The fraction of sp³-hybridized carbons (Fsp3) is 0.817. The number of rotatable bonds is 52. The van der Waals surface area contributed by atoms with Crippen LogP contribution in [0.3, 0.4) is 0 Å². The number of allylic oxidation sites excluding steroid dienone is 9. The van der Waals surface area contributed by atoms with Crippen LogP contribution < -0.4 is 5.32 Å². The molecule has 0 spiro atoms. The molecule has 0 saturated heterocycles. The van der Waals surface area contributed by atoms with Crippen molar-refractivity contribution >= 4 is 5.91 Å². The monoisotopic (exact) mass is 910 g/mol. The van der Waals surface area contributed by atoms with Gasteiger partial charge in [-0.15, -0.1) is 0 Å². The highest BCUT2D eigenvalue weighted by Gasteiger charge is 2.22. The molecule has 3 atom stereocenters. The number of carbonyl (C=O) groups excluding carboxylic acids is 1. The van der Waals surface area contributed by atoms with Crippen LogP contribution in [0.1, 0.15) is 290 Å². The van der Waals surface area contributed by atoms with E-state index in [4.69, 9.17) is 0 Å². The Hall–Kier alpha value is -1.95. The summed E-state index contributed by atoms with van der Waals surface area (Å²) in [5.74, 6) is -0.517. The lowest BCUT2D eigenvalue weighted by atomic mass is 10.0. The van der Waals surface area contributed by atoms with Crippen molar-refractivity contribution in [3.8, 4) is 0 Å². The second kappa shape index (κ2) is 54.7. The first-order chi connectivity index (χ1) is 32.1. The number of aliphatic hydroxyl groups is 3. The van der Waals surface area contributed by atoms with Crippen LogP contribution in [-0.4, -0.2) is 46.1 Å². The molecule has 0 fully saturated rings. The molecule has 5 heteroatoms. The second-order valence-corrected chi connectivity index (χ2v) is 19.5. The lowest BCUT2D eigenvalue weighted by Crippen LogP contribution is -2.48. The fourth-order valence-corrected chi connectivity index (χ4v) is 8.60. The highest BCUT2D eigenvalue weighted by molar-refractivity contribution is 5.80. The van der Waals surface area contributed by atoms with E-state index in [1.807, 2.05) is 6.08 Å². The van der Waals surface area contributed by atoms with Crippen molar-refractivity contribution in [3.05, 3.63) is 60.8 Å². The number of amides is 1. The molecule has 0 aliphatic carbocycles. The molecule has 4 N–H and O–H groups in total. The summed E-state index contributed by atoms with van der Waals surface area (Å²) in [6, 6.07) is -0.822. The first-order valence-corrected chi connectivity index (χ1v) is 28.6. The second-order valence-electron chi connectivity index (χ2n) is 19.5. The molecule has 1 amide bonds. The molecule has 380 valence electrons. The van der Waals surface area contributed by atoms with Crippen molar-refractivity contribution in [2.24, 2.45) is 0 Å². The zero-order chi connectivity index (χ0) is 47.2. The van der Waals surface area contributed by atoms with Crippen molar-refractivity contribution in [2.45, 2.75) is 308 Å². The van der Waals surface area contributed by atoms with Gasteiger partial charge in [-0.05, 0) is 77.0 Å². The smallest absolute Gasteiger partial charge is 0.249 e. The third-order valence-electron chi connectivity index (χ3n) is 13.1. The van der Waals surface area contributed by atoms with Crippen LogP contribution >= 0.6 is 0 Å². The molecule has 65 heavy (non-hydrogen) atoms. The van der Waals surface area contributed by atoms with Crippen molar-refractivity contribution in [1.82, 2.24) is 5.32 Å². The molecule has 3 unspecified atom stereocenters. The molecule has 0 radical (unpaired) electrons. The molecule has 0 heterocycles. The molecular weight excluding hydrogens is 799 g/mol. The van der Waals surface area contributed by atoms with Gasteiger partial charge in [0.15, 0.2) is 0 Å². The third-order valence-corrected chi connectivity index (χ3v) is 13.1. The van der Waals surface area contributed by atoms with Gasteiger partial charge in [0, 0.05) is 0 Å². The van der Waals surface area contributed by atoms with Gasteiger partial charge in [-0.1, -0.05) is 274 Å². The Morgan fingerprint density at radius 3 is 1.06 bits per heavy atom. The Morgan fingerprint density at radius 2 is 0.677 bits per heavy atom. The minimum Gasteiger partial charge on any atom is -0.394 e. The zero-order valence-corrected chi connectivity index (χ0v) is 43.4. The fourth-order valence-electron chi connectivity index (χ4n) is 8.60. The maximum Gasteiger partial charge on any atom is 0.249 e. The van der Waals surface area contributed by atoms with Crippen LogP contribution in [0.25, 0.3) is 0 Å². The van der Waals surface area contributed by atoms with E-state index in [2.05, 4.69) is 67.8 Å². The number of nitrogens with one attached hydrogen (secondary N) is 1. The first-order valence-electron chi connectivity index (χ1n) is 28.6. The Morgan fingerprint density at radius 1 is 0.385 bits per heavy atom. The predicted molar refractivity (Wildman–Crippen MR) is 287 cm³/mol. The molecule has 0 aromatic rings. The van der Waals surface area contributed by atoms with Crippen LogP contribution in [-0.2, 0) is 4.79 Å². The van der Waals surface area contributed by atoms with Gasteiger partial charge in [-0.3, -0.25) is 4.79 Å². The summed E-state index contributed by atoms with van der Waals surface area (Å²) in [7, 11) is 0. The maximum absolute atomic E-state index is 12.5. The molecule has 0 aromatic carbocycles. The van der Waals surface area contributed by atoms with E-state index in [9.17, 15) is 20.1 Å². The standard InChI is InChI=1S/C60H111NO4/c1-3-5-7-9-11-13-15-17-18-19-20-21-22-23-24-25-26-27-28-29-30-31-32-33-34-35-36-37-38-39-40-41-43-45-47-49-51-53-55-59(64)60(65)61-57(56-62)58(63)54-52-50-48-46-44-42-16-14-12-10-8-6-4-2/h12,14,26-27,29-30,44,46,52,54,57-59,62-64H,3-11,13,15-25,28,31-43,45,47-51,53,55-56H2,1-2H3,(H,61,65)/b14-12+,27-26-,30-29-,46-44+,54-52+. The van der Waals surface area contributed by atoms with Gasteiger partial charge in [-0.2, -0.15) is 0 Å². The number of unbranched alkanes of at least 4 members (excludes halogenated alkanes) is 36. The zero-order valence-electron chi connectivity index (χ0n) is 43.4. The summed E-state index contributed by atoms with van der Waals surface area (Å²) in [6.45, 7) is 4.14. The number of carbonyl (C=O) groups is 1. The van der Waals surface area contributed by atoms with E-state index >= 15 is 0 Å². The van der Waals surface area contributed by atoms with E-state index in [1.165, 1.54) is 218 Å². The van der Waals surface area contributed by atoms with Crippen LogP contribution in [0.2, 0.25) is 0 Å². The molecule has 0 aliphatic heterocycles. The molecule has 0 bridgehead atoms. The highest BCUT2D eigenvalue weighted by atomic mass is 16.3. The SMILES string of the molecule is CCCCC/C=C/CC/C=C/CC/C=C/C(O)C(CO)NC(=O)C(O)CCCCCCCCCCCCCCCCCC/C=C\C/C=C\CCCCCCCCCCCCCCCCC. The molecule has 0 aromatic heterocycles. The number of aliphatic hydroxyl groups excluding tert-OH is 3. The van der Waals surface area contributed by atoms with Gasteiger partial charge in [0.05, 0.1) is 18.8 Å². The Labute approximate surface area is 405 Å². The predicted octanol–water partition coefficient (Wildman–Crippen LogP) is 17.8. The summed E-state index contributed by atoms with van der Waals surface area (Å²) in [5.41, 5.74) is 0. The molecule has 0 saturated carbocycles. The Kier molecular flexibility index (Phi) is 53.0. The van der Waals surface area contributed by atoms with Gasteiger partial charge in [0.1, 0.15) is 6.10 Å². The van der Waals surface area contributed by atoms with Crippen molar-refractivity contribution in [3.63, 3.8) is 0 Å². The normalized spacial score (nSPS) is 13.7. The van der Waals surface area contributed by atoms with E-state index < -0.39 is 24.2 Å².